The summed E-state index contributed by atoms with van der Waals surface area (Å²) in [6, 6.07) is -0.191. The largest absolute Gasteiger partial charge is 0.396 e. The van der Waals surface area contributed by atoms with Gasteiger partial charge in [0, 0.05) is 13.7 Å². The Balaban J connectivity index is 2.64. The van der Waals surface area contributed by atoms with Crippen molar-refractivity contribution < 1.29 is 14.6 Å². The van der Waals surface area contributed by atoms with E-state index in [9.17, 15) is 4.79 Å². The average molecular weight is 273 g/mol. The molecule has 1 amide bonds. The Kier molecular flexibility index (Phi) is 6.77. The summed E-state index contributed by atoms with van der Waals surface area (Å²) in [4.78, 5) is 12.6. The Morgan fingerprint density at radius 3 is 3.00 bits per heavy atom. The van der Waals surface area contributed by atoms with E-state index < -0.39 is 0 Å². The van der Waals surface area contributed by atoms with E-state index in [2.05, 4.69) is 14.9 Å². The van der Waals surface area contributed by atoms with Gasteiger partial charge >= 0.3 is 0 Å². The van der Waals surface area contributed by atoms with Gasteiger partial charge in [0.1, 0.15) is 4.88 Å². The SMILES string of the molecule is CCCc1nnsc1C(=O)NC(CCO)COC. The lowest BCUT2D eigenvalue weighted by molar-refractivity contribution is 0.0881. The first-order valence-corrected chi connectivity index (χ1v) is 6.72. The number of aliphatic hydroxyl groups is 1. The van der Waals surface area contributed by atoms with E-state index in [0.717, 1.165) is 30.1 Å². The van der Waals surface area contributed by atoms with Crippen molar-refractivity contribution in [3.63, 3.8) is 0 Å². The van der Waals surface area contributed by atoms with Crippen molar-refractivity contribution >= 4 is 17.4 Å². The molecule has 0 radical (unpaired) electrons. The molecule has 0 bridgehead atoms. The molecule has 1 aromatic heterocycles. The second-order valence-corrected chi connectivity index (χ2v) is 4.69. The van der Waals surface area contributed by atoms with Gasteiger partial charge in [0.2, 0.25) is 0 Å². The van der Waals surface area contributed by atoms with Crippen molar-refractivity contribution in [2.45, 2.75) is 32.2 Å². The number of carbonyl (C=O) groups is 1. The molecule has 0 spiro atoms. The van der Waals surface area contributed by atoms with Gasteiger partial charge < -0.3 is 15.2 Å². The minimum Gasteiger partial charge on any atom is -0.396 e. The molecule has 0 aliphatic heterocycles. The number of nitrogens with zero attached hydrogens (tertiary/aromatic N) is 2. The summed E-state index contributed by atoms with van der Waals surface area (Å²) in [5.74, 6) is -0.191. The summed E-state index contributed by atoms with van der Waals surface area (Å²) in [5, 5.41) is 15.7. The van der Waals surface area contributed by atoms with Crippen molar-refractivity contribution in [3.8, 4) is 0 Å². The van der Waals surface area contributed by atoms with Gasteiger partial charge in [-0.25, -0.2) is 0 Å². The number of rotatable bonds is 8. The molecule has 1 aromatic rings. The molecule has 1 heterocycles. The maximum atomic E-state index is 12.0. The van der Waals surface area contributed by atoms with Crippen LogP contribution in [0, 0.1) is 0 Å². The fourth-order valence-corrected chi connectivity index (χ4v) is 2.20. The molecule has 1 rings (SSSR count). The van der Waals surface area contributed by atoms with Crippen molar-refractivity contribution in [3.05, 3.63) is 10.6 Å². The van der Waals surface area contributed by atoms with E-state index in [0.29, 0.717) is 17.9 Å². The Bertz CT molecular complexity index is 364. The lowest BCUT2D eigenvalue weighted by atomic mass is 10.2. The average Bonchev–Trinajstić information content (AvgIpc) is 2.78. The van der Waals surface area contributed by atoms with Crippen molar-refractivity contribution in [1.82, 2.24) is 14.9 Å². The number of ether oxygens (including phenoxy) is 1. The molecule has 0 saturated carbocycles. The van der Waals surface area contributed by atoms with Gasteiger partial charge in [0.15, 0.2) is 0 Å². The standard InChI is InChI=1S/C11H19N3O3S/c1-3-4-9-10(18-14-13-9)11(16)12-8(5-6-15)7-17-2/h8,15H,3-7H2,1-2H3,(H,12,16). The van der Waals surface area contributed by atoms with E-state index in [-0.39, 0.29) is 18.6 Å². The fraction of sp³-hybridized carbons (Fsp3) is 0.727. The number of aromatic nitrogens is 2. The molecular weight excluding hydrogens is 254 g/mol. The highest BCUT2D eigenvalue weighted by molar-refractivity contribution is 7.08. The highest BCUT2D eigenvalue weighted by Gasteiger charge is 2.19. The van der Waals surface area contributed by atoms with Gasteiger partial charge in [-0.05, 0) is 24.4 Å². The lowest BCUT2D eigenvalue weighted by Crippen LogP contribution is -2.38. The van der Waals surface area contributed by atoms with Gasteiger partial charge in [0.25, 0.3) is 5.91 Å². The number of carbonyl (C=O) groups excluding carboxylic acids is 1. The van der Waals surface area contributed by atoms with E-state index in [1.54, 1.807) is 7.11 Å². The van der Waals surface area contributed by atoms with Crippen LogP contribution in [0.2, 0.25) is 0 Å². The zero-order valence-electron chi connectivity index (χ0n) is 10.7. The molecule has 102 valence electrons. The first-order valence-electron chi connectivity index (χ1n) is 5.94. The third kappa shape index (κ3) is 4.32. The van der Waals surface area contributed by atoms with E-state index in [1.165, 1.54) is 0 Å². The van der Waals surface area contributed by atoms with Gasteiger partial charge in [-0.1, -0.05) is 17.8 Å². The summed E-state index contributed by atoms with van der Waals surface area (Å²) < 4.78 is 8.81. The fourth-order valence-electron chi connectivity index (χ4n) is 1.59. The van der Waals surface area contributed by atoms with Crippen LogP contribution in [-0.4, -0.2) is 47.0 Å². The number of methoxy groups -OCH3 is 1. The molecule has 6 nitrogen and oxygen atoms in total. The molecule has 0 aliphatic carbocycles. The molecule has 1 unspecified atom stereocenters. The maximum Gasteiger partial charge on any atom is 0.265 e. The molecule has 0 aliphatic rings. The zero-order chi connectivity index (χ0) is 13.4. The predicted molar refractivity (Wildman–Crippen MR) is 68.7 cm³/mol. The Labute approximate surface area is 111 Å². The summed E-state index contributed by atoms with van der Waals surface area (Å²) in [6.07, 6.45) is 2.13. The normalized spacial score (nSPS) is 12.4. The minimum atomic E-state index is -0.191. The number of aliphatic hydroxyl groups excluding tert-OH is 1. The maximum absolute atomic E-state index is 12.0. The number of amides is 1. The smallest absolute Gasteiger partial charge is 0.265 e. The van der Waals surface area contributed by atoms with Crippen LogP contribution in [0.4, 0.5) is 0 Å². The third-order valence-corrected chi connectivity index (χ3v) is 3.20. The predicted octanol–water partition coefficient (Wildman–Crippen LogP) is 0.618. The van der Waals surface area contributed by atoms with Crippen LogP contribution >= 0.6 is 11.5 Å². The Morgan fingerprint density at radius 2 is 2.39 bits per heavy atom. The zero-order valence-corrected chi connectivity index (χ0v) is 11.5. The molecule has 2 N–H and O–H groups in total. The van der Waals surface area contributed by atoms with Gasteiger partial charge in [0.05, 0.1) is 18.3 Å². The second kappa shape index (κ2) is 8.12. The quantitative estimate of drug-likeness (QED) is 0.725. The third-order valence-electron chi connectivity index (χ3n) is 2.43. The molecule has 1 atom stereocenters. The van der Waals surface area contributed by atoms with E-state index >= 15 is 0 Å². The summed E-state index contributed by atoms with van der Waals surface area (Å²) in [6.45, 7) is 2.42. The van der Waals surface area contributed by atoms with Crippen LogP contribution < -0.4 is 5.32 Å². The monoisotopic (exact) mass is 273 g/mol. The molecule has 0 aromatic carbocycles. The van der Waals surface area contributed by atoms with Crippen LogP contribution in [0.15, 0.2) is 0 Å². The van der Waals surface area contributed by atoms with Crippen LogP contribution in [-0.2, 0) is 11.2 Å². The van der Waals surface area contributed by atoms with E-state index in [1.807, 2.05) is 6.92 Å². The van der Waals surface area contributed by atoms with Crippen LogP contribution in [0.5, 0.6) is 0 Å². The molecule has 0 saturated heterocycles. The number of aryl methyl sites for hydroxylation is 1. The highest BCUT2D eigenvalue weighted by atomic mass is 32.1. The summed E-state index contributed by atoms with van der Waals surface area (Å²) >= 11 is 1.10. The highest BCUT2D eigenvalue weighted by Crippen LogP contribution is 2.12. The number of nitrogens with one attached hydrogen (secondary N) is 1. The van der Waals surface area contributed by atoms with Crippen LogP contribution in [0.3, 0.4) is 0 Å². The van der Waals surface area contributed by atoms with Crippen LogP contribution in [0.25, 0.3) is 0 Å². The first kappa shape index (κ1) is 15.0. The minimum absolute atomic E-state index is 0.0110. The van der Waals surface area contributed by atoms with Gasteiger partial charge in [-0.3, -0.25) is 4.79 Å². The van der Waals surface area contributed by atoms with Gasteiger partial charge in [-0.2, -0.15) is 0 Å². The second-order valence-electron chi connectivity index (χ2n) is 3.94. The summed E-state index contributed by atoms with van der Waals surface area (Å²) in [7, 11) is 1.56. The molecule has 18 heavy (non-hydrogen) atoms. The van der Waals surface area contributed by atoms with Crippen molar-refractivity contribution in [1.29, 1.82) is 0 Å². The Morgan fingerprint density at radius 1 is 1.61 bits per heavy atom. The first-order chi connectivity index (χ1) is 8.72. The van der Waals surface area contributed by atoms with Crippen LogP contribution in [0.1, 0.15) is 35.1 Å². The number of hydrogen-bond acceptors (Lipinski definition) is 6. The number of hydrogen-bond donors (Lipinski definition) is 2. The van der Waals surface area contributed by atoms with Crippen molar-refractivity contribution in [2.24, 2.45) is 0 Å². The topological polar surface area (TPSA) is 84.3 Å². The molecular formula is C11H19N3O3S. The lowest BCUT2D eigenvalue weighted by Gasteiger charge is -2.16. The van der Waals surface area contributed by atoms with Crippen molar-refractivity contribution in [2.75, 3.05) is 20.3 Å². The molecule has 7 heteroatoms. The summed E-state index contributed by atoms with van der Waals surface area (Å²) in [5.41, 5.74) is 0.736. The van der Waals surface area contributed by atoms with Gasteiger partial charge in [-0.15, -0.1) is 5.10 Å². The van der Waals surface area contributed by atoms with E-state index in [4.69, 9.17) is 9.84 Å². The molecule has 0 fully saturated rings. The Hall–Kier alpha value is -1.05.